The lowest BCUT2D eigenvalue weighted by atomic mass is 10.2. The van der Waals surface area contributed by atoms with E-state index in [1.54, 1.807) is 13.1 Å². The molecule has 0 fully saturated rings. The Labute approximate surface area is 132 Å². The number of hydrogen-bond donors (Lipinski definition) is 2. The summed E-state index contributed by atoms with van der Waals surface area (Å²) in [4.78, 5) is 23.3. The molecule has 2 aromatic rings. The maximum atomic E-state index is 13.0. The average molecular weight is 320 g/mol. The zero-order chi connectivity index (χ0) is 16.8. The largest absolute Gasteiger partial charge is 0.491 e. The number of carbonyl (C=O) groups excluding carboxylic acids is 1. The van der Waals surface area contributed by atoms with E-state index in [0.717, 1.165) is 0 Å². The molecule has 6 nitrogen and oxygen atoms in total. The molecule has 1 amide bonds. The number of hydrogen-bond acceptors (Lipinski definition) is 4. The molecule has 1 heterocycles. The molecule has 0 unspecified atom stereocenters. The molecule has 2 rings (SSSR count). The standard InChI is InChI=1S/C16H17FN2O4/c1-19-6-5-11(7-15(19)21)16(22)18-9-13(20)10-23-14-4-2-3-12(17)8-14/h2-8,13,20H,9-10H2,1H3,(H,18,22)/t13-/m0/s1. The number of ether oxygens (including phenoxy) is 1. The van der Waals surface area contributed by atoms with Crippen LogP contribution in [0, 0.1) is 5.82 Å². The quantitative estimate of drug-likeness (QED) is 0.821. The van der Waals surface area contributed by atoms with E-state index in [0.29, 0.717) is 5.75 Å². The van der Waals surface area contributed by atoms with E-state index in [4.69, 9.17) is 4.74 Å². The van der Waals surface area contributed by atoms with Crippen molar-refractivity contribution in [3.05, 3.63) is 64.3 Å². The molecule has 7 heteroatoms. The van der Waals surface area contributed by atoms with E-state index in [1.807, 2.05) is 0 Å². The van der Waals surface area contributed by atoms with Crippen LogP contribution in [0.25, 0.3) is 0 Å². The molecule has 23 heavy (non-hydrogen) atoms. The van der Waals surface area contributed by atoms with Gasteiger partial charge in [-0.3, -0.25) is 9.59 Å². The van der Waals surface area contributed by atoms with Gasteiger partial charge in [-0.05, 0) is 18.2 Å². The minimum atomic E-state index is -0.964. The maximum Gasteiger partial charge on any atom is 0.251 e. The lowest BCUT2D eigenvalue weighted by Gasteiger charge is -2.13. The van der Waals surface area contributed by atoms with Crippen LogP contribution in [0.1, 0.15) is 10.4 Å². The Bertz CT molecular complexity index is 745. The van der Waals surface area contributed by atoms with Gasteiger partial charge in [0.2, 0.25) is 0 Å². The summed E-state index contributed by atoms with van der Waals surface area (Å²) >= 11 is 0. The van der Waals surface area contributed by atoms with Crippen molar-refractivity contribution in [2.45, 2.75) is 6.10 Å². The molecule has 2 N–H and O–H groups in total. The van der Waals surface area contributed by atoms with Crippen molar-refractivity contribution in [2.75, 3.05) is 13.2 Å². The van der Waals surface area contributed by atoms with Crippen LogP contribution in [0.5, 0.6) is 5.75 Å². The molecule has 0 aliphatic carbocycles. The summed E-state index contributed by atoms with van der Waals surface area (Å²) in [5.41, 5.74) is -0.0843. The van der Waals surface area contributed by atoms with Crippen LogP contribution < -0.4 is 15.6 Å². The molecule has 0 aliphatic rings. The van der Waals surface area contributed by atoms with E-state index in [2.05, 4.69) is 5.32 Å². The van der Waals surface area contributed by atoms with Crippen molar-refractivity contribution in [3.8, 4) is 5.75 Å². The number of amides is 1. The van der Waals surface area contributed by atoms with E-state index in [9.17, 15) is 19.1 Å². The predicted octanol–water partition coefficient (Wildman–Crippen LogP) is 0.694. The number of nitrogens with one attached hydrogen (secondary N) is 1. The molecule has 0 aliphatic heterocycles. The van der Waals surface area contributed by atoms with Crippen molar-refractivity contribution in [3.63, 3.8) is 0 Å². The number of aromatic nitrogens is 1. The highest BCUT2D eigenvalue weighted by Crippen LogP contribution is 2.11. The lowest BCUT2D eigenvalue weighted by Crippen LogP contribution is -2.35. The van der Waals surface area contributed by atoms with Gasteiger partial charge in [0.05, 0.1) is 0 Å². The zero-order valence-electron chi connectivity index (χ0n) is 12.5. The molecular weight excluding hydrogens is 303 g/mol. The van der Waals surface area contributed by atoms with Crippen molar-refractivity contribution in [1.82, 2.24) is 9.88 Å². The molecule has 122 valence electrons. The number of aliphatic hydroxyl groups is 1. The monoisotopic (exact) mass is 320 g/mol. The Morgan fingerprint density at radius 3 is 2.87 bits per heavy atom. The average Bonchev–Trinajstić information content (AvgIpc) is 2.53. The summed E-state index contributed by atoms with van der Waals surface area (Å²) in [6.07, 6.45) is 0.523. The van der Waals surface area contributed by atoms with Crippen molar-refractivity contribution in [1.29, 1.82) is 0 Å². The number of benzene rings is 1. The molecule has 0 spiro atoms. The van der Waals surface area contributed by atoms with Gasteiger partial charge < -0.3 is 19.7 Å². The van der Waals surface area contributed by atoms with Crippen LogP contribution in [-0.2, 0) is 7.05 Å². The van der Waals surface area contributed by atoms with Crippen molar-refractivity contribution < 1.29 is 19.0 Å². The Kier molecular flexibility index (Phi) is 5.48. The minimum Gasteiger partial charge on any atom is -0.491 e. The Hall–Kier alpha value is -2.67. The Morgan fingerprint density at radius 2 is 2.17 bits per heavy atom. The molecule has 1 aromatic carbocycles. The third kappa shape index (κ3) is 4.93. The molecular formula is C16H17FN2O4. The van der Waals surface area contributed by atoms with Gasteiger partial charge in [0.15, 0.2) is 0 Å². The van der Waals surface area contributed by atoms with Crippen LogP contribution in [0.3, 0.4) is 0 Å². The van der Waals surface area contributed by atoms with E-state index < -0.39 is 17.8 Å². The van der Waals surface area contributed by atoms with Crippen LogP contribution in [-0.4, -0.2) is 34.8 Å². The van der Waals surface area contributed by atoms with Crippen molar-refractivity contribution in [2.24, 2.45) is 7.05 Å². The first-order chi connectivity index (χ1) is 11.0. The molecule has 1 aromatic heterocycles. The van der Waals surface area contributed by atoms with Crippen LogP contribution >= 0.6 is 0 Å². The summed E-state index contributed by atoms with van der Waals surface area (Å²) in [6, 6.07) is 8.26. The first kappa shape index (κ1) is 16.7. The first-order valence-corrected chi connectivity index (χ1v) is 6.97. The number of aryl methyl sites for hydroxylation is 1. The highest BCUT2D eigenvalue weighted by atomic mass is 19.1. The summed E-state index contributed by atoms with van der Waals surface area (Å²) < 4.78 is 19.5. The summed E-state index contributed by atoms with van der Waals surface area (Å²) in [5.74, 6) is -0.606. The second-order valence-corrected chi connectivity index (χ2v) is 5.00. The summed E-state index contributed by atoms with van der Waals surface area (Å²) in [5, 5.41) is 12.3. The third-order valence-electron chi connectivity index (χ3n) is 3.10. The highest BCUT2D eigenvalue weighted by Gasteiger charge is 2.10. The number of pyridine rings is 1. The summed E-state index contributed by atoms with van der Waals surface area (Å²) in [6.45, 7) is -0.149. The van der Waals surface area contributed by atoms with Crippen LogP contribution in [0.4, 0.5) is 4.39 Å². The van der Waals surface area contributed by atoms with E-state index in [1.165, 1.54) is 41.1 Å². The predicted molar refractivity (Wildman–Crippen MR) is 81.9 cm³/mol. The van der Waals surface area contributed by atoms with Gasteiger partial charge in [-0.1, -0.05) is 6.07 Å². The van der Waals surface area contributed by atoms with Crippen LogP contribution in [0.2, 0.25) is 0 Å². The minimum absolute atomic E-state index is 0.0522. The number of halogens is 1. The topological polar surface area (TPSA) is 80.6 Å². The number of nitrogens with zero attached hydrogens (tertiary/aromatic N) is 1. The lowest BCUT2D eigenvalue weighted by molar-refractivity contribution is 0.0843. The Morgan fingerprint density at radius 1 is 1.39 bits per heavy atom. The van der Waals surface area contributed by atoms with Gasteiger partial charge in [-0.15, -0.1) is 0 Å². The van der Waals surface area contributed by atoms with Gasteiger partial charge in [-0.25, -0.2) is 4.39 Å². The van der Waals surface area contributed by atoms with Gasteiger partial charge in [0.1, 0.15) is 24.3 Å². The fourth-order valence-corrected chi connectivity index (χ4v) is 1.81. The number of rotatable bonds is 6. The number of aliphatic hydroxyl groups excluding tert-OH is 1. The smallest absolute Gasteiger partial charge is 0.251 e. The second kappa shape index (κ2) is 7.55. The third-order valence-corrected chi connectivity index (χ3v) is 3.10. The maximum absolute atomic E-state index is 13.0. The van der Waals surface area contributed by atoms with Gasteiger partial charge in [-0.2, -0.15) is 0 Å². The normalized spacial score (nSPS) is 11.8. The Balaban J connectivity index is 1.81. The van der Waals surface area contributed by atoms with Gasteiger partial charge in [0.25, 0.3) is 11.5 Å². The van der Waals surface area contributed by atoms with Crippen LogP contribution in [0.15, 0.2) is 47.4 Å². The number of carbonyl (C=O) groups is 1. The van der Waals surface area contributed by atoms with E-state index in [-0.39, 0.29) is 24.3 Å². The molecule has 1 atom stereocenters. The summed E-state index contributed by atoms with van der Waals surface area (Å²) in [7, 11) is 1.58. The molecule has 0 saturated heterocycles. The van der Waals surface area contributed by atoms with E-state index >= 15 is 0 Å². The molecule has 0 saturated carbocycles. The van der Waals surface area contributed by atoms with Gasteiger partial charge >= 0.3 is 0 Å². The fourth-order valence-electron chi connectivity index (χ4n) is 1.81. The first-order valence-electron chi connectivity index (χ1n) is 6.97. The van der Waals surface area contributed by atoms with Gasteiger partial charge in [0, 0.05) is 37.5 Å². The highest BCUT2D eigenvalue weighted by molar-refractivity contribution is 5.93. The SMILES string of the molecule is Cn1ccc(C(=O)NC[C@H](O)COc2cccc(F)c2)cc1=O. The van der Waals surface area contributed by atoms with Crippen molar-refractivity contribution >= 4 is 5.91 Å². The zero-order valence-corrected chi connectivity index (χ0v) is 12.5. The fraction of sp³-hybridized carbons (Fsp3) is 0.250. The molecule has 0 bridgehead atoms. The second-order valence-electron chi connectivity index (χ2n) is 5.00. The molecule has 0 radical (unpaired) electrons.